The van der Waals surface area contributed by atoms with Crippen LogP contribution in [0, 0.1) is 18.2 Å². The maximum Gasteiger partial charge on any atom is 0.417 e. The van der Waals surface area contributed by atoms with Crippen LogP contribution in [0.25, 0.3) is 16.0 Å². The van der Waals surface area contributed by atoms with Crippen LogP contribution in [0.5, 0.6) is 0 Å². The molecule has 94 heavy (non-hydrogen) atoms. The zero-order valence-electron chi connectivity index (χ0n) is 54.2. The van der Waals surface area contributed by atoms with Gasteiger partial charge in [-0.15, -0.1) is 11.3 Å². The van der Waals surface area contributed by atoms with Crippen LogP contribution in [0.1, 0.15) is 98.6 Å². The number of carbonyl (C=O) groups excluding carboxylic acids is 5. The molecule has 28 heteroatoms. The highest BCUT2D eigenvalue weighted by molar-refractivity contribution is 7.13. The minimum absolute atomic E-state index is 0.00585. The molecule has 0 radical (unpaired) electrons. The molecule has 4 aliphatic heterocycles. The molecule has 508 valence electrons. The van der Waals surface area contributed by atoms with Crippen LogP contribution >= 0.6 is 11.3 Å². The number of anilines is 3. The van der Waals surface area contributed by atoms with Gasteiger partial charge in [0.05, 0.1) is 90.7 Å². The van der Waals surface area contributed by atoms with E-state index in [0.717, 1.165) is 33.5 Å². The summed E-state index contributed by atoms with van der Waals surface area (Å²) in [6.07, 6.45) is 0.903. The van der Waals surface area contributed by atoms with Gasteiger partial charge in [-0.25, -0.2) is 19.3 Å². The number of aromatic nitrogens is 4. The number of nitrogens with one attached hydrogen (secondary N) is 4. The van der Waals surface area contributed by atoms with Gasteiger partial charge in [0.1, 0.15) is 17.9 Å². The molecule has 5 amide bonds. The molecule has 3 aromatic heterocycles. The lowest BCUT2D eigenvalue weighted by Gasteiger charge is -2.44. The van der Waals surface area contributed by atoms with Crippen LogP contribution in [-0.2, 0) is 52.7 Å². The van der Waals surface area contributed by atoms with Gasteiger partial charge in [0, 0.05) is 133 Å². The Hall–Kier alpha value is -7.73. The quantitative estimate of drug-likeness (QED) is 0.0326. The molecular weight excluding hydrogens is 1240 g/mol. The van der Waals surface area contributed by atoms with Gasteiger partial charge >= 0.3 is 6.18 Å². The van der Waals surface area contributed by atoms with E-state index in [1.807, 2.05) is 93.6 Å². The van der Waals surface area contributed by atoms with E-state index in [9.17, 15) is 47.0 Å². The van der Waals surface area contributed by atoms with Crippen molar-refractivity contribution in [1.29, 1.82) is 0 Å². The number of piperazine rings is 2. The number of aromatic amines is 1. The summed E-state index contributed by atoms with van der Waals surface area (Å²) in [6, 6.07) is 9.18. The molecule has 9 rings (SSSR count). The van der Waals surface area contributed by atoms with Gasteiger partial charge < -0.3 is 59.9 Å². The number of nitrogens with zero attached hydrogens (tertiary/aromatic N) is 9. The molecule has 5 atom stereocenters. The Morgan fingerprint density at radius 3 is 2.11 bits per heavy atom. The normalized spacial score (nSPS) is 19.5. The summed E-state index contributed by atoms with van der Waals surface area (Å²) in [5.41, 5.74) is 2.97. The van der Waals surface area contributed by atoms with Crippen LogP contribution in [0.2, 0.25) is 0 Å². The fraction of sp³-hybridized carbons (Fsp3) is 0.530. The number of benzene rings is 2. The molecule has 23 nitrogen and oxygen atoms in total. The van der Waals surface area contributed by atoms with Crippen LogP contribution in [0.4, 0.5) is 34.9 Å². The number of H-pyrrole nitrogens is 1. The second-order valence-electron chi connectivity index (χ2n) is 25.4. The number of pyridine rings is 1. The van der Waals surface area contributed by atoms with Crippen LogP contribution in [0.3, 0.4) is 0 Å². The van der Waals surface area contributed by atoms with Gasteiger partial charge in [0.2, 0.25) is 35.1 Å². The number of amides is 5. The molecular formula is C66H85F4N13O10S. The number of likely N-dealkylation sites (tertiary alicyclic amines) is 1. The zero-order chi connectivity index (χ0) is 67.4. The van der Waals surface area contributed by atoms with E-state index in [-0.39, 0.29) is 107 Å². The van der Waals surface area contributed by atoms with Crippen molar-refractivity contribution in [3.05, 3.63) is 122 Å². The Labute approximate surface area is 548 Å². The van der Waals surface area contributed by atoms with Gasteiger partial charge in [0.25, 0.3) is 5.91 Å². The van der Waals surface area contributed by atoms with E-state index in [1.54, 1.807) is 29.2 Å². The number of ether oxygens (including phenoxy) is 3. The summed E-state index contributed by atoms with van der Waals surface area (Å²) in [4.78, 5) is 107. The number of aliphatic hydroxyl groups is 1. The van der Waals surface area contributed by atoms with Crippen molar-refractivity contribution >= 4 is 63.8 Å². The number of rotatable bonds is 25. The molecule has 2 aromatic carbocycles. The van der Waals surface area contributed by atoms with Crippen LogP contribution < -0.4 is 31.3 Å². The SMILES string of the molecule is Cc1ncsc1-c1ccc(CNC(=O)[C@@H]2C[C@@H](O)CN2C(=O)[C@@H](NC(=O)CCOCCOCCOCCC(=O)N2CCN(Cc3cnc(N4CC=C(c5cc(NC(=O)c6c[nH]c(=O)cc6C(F)(F)F)c(N6C[C@@H](C)N(C)[C@@H](C)C6)cc5F)CC4)nc3)CC2)C(C)(C)C)cc1. The largest absolute Gasteiger partial charge is 0.417 e. The van der Waals surface area contributed by atoms with Gasteiger partial charge in [0.15, 0.2) is 0 Å². The minimum atomic E-state index is -4.98. The summed E-state index contributed by atoms with van der Waals surface area (Å²) in [7, 11) is 1.98. The number of carbonyl (C=O) groups is 5. The number of β-amino-alcohol motifs (C(OH)–C–C–N with tert-alkyl or cyclic N) is 1. The summed E-state index contributed by atoms with van der Waals surface area (Å²) < 4.78 is 75.3. The first-order chi connectivity index (χ1) is 44.8. The first-order valence-corrected chi connectivity index (χ1v) is 32.6. The van der Waals surface area contributed by atoms with Crippen molar-refractivity contribution in [3.63, 3.8) is 0 Å². The maximum absolute atomic E-state index is 16.3. The fourth-order valence-corrected chi connectivity index (χ4v) is 12.8. The molecule has 0 unspecified atom stereocenters. The number of hydrogen-bond acceptors (Lipinski definition) is 18. The third-order valence-electron chi connectivity index (χ3n) is 17.6. The molecule has 7 heterocycles. The molecule has 4 aliphatic rings. The van der Waals surface area contributed by atoms with E-state index in [0.29, 0.717) is 88.6 Å². The standard InChI is InChI=1S/C66H85F4N13O10S/c1-41-36-82(37-42(2)78(41)7)54-31-52(67)49(29-53(54)76-61(88)50-35-71-57(86)30-51(50)66(68,69)70)46-12-16-81(17-13-46)64-73-33-45(34-74-64)38-79-18-20-80(21-19-79)58(87)15-23-92-25-27-93-26-24-91-22-14-56(85)77-60(65(4,5)6)63(90)83-39-48(84)28-55(83)62(89)72-32-44-8-10-47(11-9-44)59-43(3)75-40-94-59/h8-12,29-31,33-35,40-42,48,55,60,84H,13-28,32,36-39H2,1-7H3,(H,71,86)(H,72,89)(H,76,88)(H,77,85)/t41-,42+,48-,55+,60-/m1/s1. The molecule has 5 N–H and O–H groups in total. The lowest BCUT2D eigenvalue weighted by atomic mass is 9.85. The van der Waals surface area contributed by atoms with E-state index < -0.39 is 70.0 Å². The van der Waals surface area contributed by atoms with Gasteiger partial charge in [-0.3, -0.25) is 38.6 Å². The first-order valence-electron chi connectivity index (χ1n) is 31.8. The monoisotopic (exact) mass is 1330 g/mol. The van der Waals surface area contributed by atoms with E-state index >= 15 is 4.39 Å². The van der Waals surface area contributed by atoms with Crippen LogP contribution in [-0.4, -0.2) is 210 Å². The summed E-state index contributed by atoms with van der Waals surface area (Å²) in [5, 5.41) is 19.0. The molecule has 0 spiro atoms. The Balaban J connectivity index is 0.641. The Kier molecular flexibility index (Phi) is 23.8. The van der Waals surface area contributed by atoms with Crippen LogP contribution in [0.15, 0.2) is 77.4 Å². The summed E-state index contributed by atoms with van der Waals surface area (Å²) in [6.45, 7) is 17.7. The Bertz CT molecular complexity index is 3530. The number of aliphatic hydroxyl groups excluding tert-OH is 1. The molecule has 0 bridgehead atoms. The zero-order valence-corrected chi connectivity index (χ0v) is 55.0. The Morgan fingerprint density at radius 2 is 1.49 bits per heavy atom. The predicted octanol–water partition coefficient (Wildman–Crippen LogP) is 6.11. The lowest BCUT2D eigenvalue weighted by molar-refractivity contribution is -0.144. The number of likely N-dealkylation sites (N-methyl/N-ethyl adjacent to an activating group) is 1. The maximum atomic E-state index is 16.3. The van der Waals surface area contributed by atoms with Crippen molar-refractivity contribution in [2.24, 2.45) is 5.41 Å². The number of hydrogen-bond donors (Lipinski definition) is 5. The first kappa shape index (κ1) is 70.6. The minimum Gasteiger partial charge on any atom is -0.391 e. The molecule has 3 fully saturated rings. The average molecular weight is 1330 g/mol. The fourth-order valence-electron chi connectivity index (χ4n) is 12.0. The third-order valence-corrected chi connectivity index (χ3v) is 18.5. The highest BCUT2D eigenvalue weighted by Crippen LogP contribution is 2.38. The summed E-state index contributed by atoms with van der Waals surface area (Å²) in [5.74, 6) is -2.41. The highest BCUT2D eigenvalue weighted by Gasteiger charge is 2.45. The van der Waals surface area contributed by atoms with E-state index in [2.05, 4.69) is 45.7 Å². The van der Waals surface area contributed by atoms with Gasteiger partial charge in [-0.1, -0.05) is 51.1 Å². The molecule has 0 saturated carbocycles. The smallest absolute Gasteiger partial charge is 0.391 e. The topological polar surface area (TPSA) is 260 Å². The van der Waals surface area contributed by atoms with Crippen molar-refractivity contribution < 1.29 is 60.9 Å². The van der Waals surface area contributed by atoms with Crippen molar-refractivity contribution in [2.45, 2.75) is 117 Å². The number of halogens is 4. The molecule has 3 saturated heterocycles. The number of thiazole rings is 1. The lowest BCUT2D eigenvalue weighted by Crippen LogP contribution is -2.57. The van der Waals surface area contributed by atoms with E-state index in [1.165, 1.54) is 17.0 Å². The molecule has 0 aliphatic carbocycles. The van der Waals surface area contributed by atoms with E-state index in [4.69, 9.17) is 14.2 Å². The Morgan fingerprint density at radius 1 is 0.830 bits per heavy atom. The summed E-state index contributed by atoms with van der Waals surface area (Å²) >= 11 is 1.56. The van der Waals surface area contributed by atoms with Crippen molar-refractivity contribution in [1.82, 2.24) is 50.2 Å². The van der Waals surface area contributed by atoms with Gasteiger partial charge in [-0.05, 0) is 68.5 Å². The second kappa shape index (κ2) is 31.7. The highest BCUT2D eigenvalue weighted by atomic mass is 32.1. The number of aryl methyl sites for hydroxylation is 1. The third kappa shape index (κ3) is 18.4. The van der Waals surface area contributed by atoms with Crippen molar-refractivity contribution in [3.8, 4) is 10.4 Å². The number of alkyl halides is 3. The average Bonchev–Trinajstić information content (AvgIpc) is 1.04. The van der Waals surface area contributed by atoms with Crippen molar-refractivity contribution in [2.75, 3.05) is 121 Å². The second-order valence-corrected chi connectivity index (χ2v) is 26.3. The molecule has 5 aromatic rings. The van der Waals surface area contributed by atoms with Gasteiger partial charge in [-0.2, -0.15) is 13.2 Å². The predicted molar refractivity (Wildman–Crippen MR) is 347 cm³/mol.